The van der Waals surface area contributed by atoms with Crippen molar-refractivity contribution in [1.82, 2.24) is 0 Å². The molecule has 98 valence electrons. The van der Waals surface area contributed by atoms with Crippen LogP contribution in [0.5, 0.6) is 0 Å². The molecule has 1 fully saturated rings. The van der Waals surface area contributed by atoms with Crippen molar-refractivity contribution < 1.29 is 14.3 Å². The summed E-state index contributed by atoms with van der Waals surface area (Å²) in [6.07, 6.45) is 0.746. The highest BCUT2D eigenvalue weighted by Gasteiger charge is 2.33. The predicted molar refractivity (Wildman–Crippen MR) is 77.5 cm³/mol. The Labute approximate surface area is 121 Å². The Morgan fingerprint density at radius 3 is 2.83 bits per heavy atom. The summed E-state index contributed by atoms with van der Waals surface area (Å²) >= 11 is 2.28. The van der Waals surface area contributed by atoms with Gasteiger partial charge in [-0.05, 0) is 53.6 Å². The third kappa shape index (κ3) is 3.23. The van der Waals surface area contributed by atoms with Crippen LogP contribution in [0.4, 0.5) is 0 Å². The second-order valence-corrected chi connectivity index (χ2v) is 5.63. The molecule has 0 aliphatic carbocycles. The van der Waals surface area contributed by atoms with E-state index >= 15 is 0 Å². The fourth-order valence-corrected chi connectivity index (χ4v) is 2.67. The summed E-state index contributed by atoms with van der Waals surface area (Å²) in [7, 11) is 0. The minimum atomic E-state index is -0.0932. The van der Waals surface area contributed by atoms with Crippen molar-refractivity contribution in [2.75, 3.05) is 19.8 Å². The molecule has 1 aliphatic rings. The molecule has 1 aromatic carbocycles. The molecule has 2 rings (SSSR count). The van der Waals surface area contributed by atoms with Gasteiger partial charge in [0.1, 0.15) is 0 Å². The lowest BCUT2D eigenvalue weighted by atomic mass is 9.83. The Morgan fingerprint density at radius 2 is 2.17 bits per heavy atom. The lowest BCUT2D eigenvalue weighted by Gasteiger charge is -2.30. The average molecular weight is 360 g/mol. The normalized spacial score (nSPS) is 23.7. The third-order valence-electron chi connectivity index (χ3n) is 3.24. The summed E-state index contributed by atoms with van der Waals surface area (Å²) in [5.74, 6) is -0.0436. The van der Waals surface area contributed by atoms with Crippen LogP contribution in [0.1, 0.15) is 24.8 Å². The van der Waals surface area contributed by atoms with Gasteiger partial charge in [-0.25, -0.2) is 0 Å². The largest absolute Gasteiger partial charge is 0.466 e. The molecule has 3 nitrogen and oxygen atoms in total. The van der Waals surface area contributed by atoms with E-state index in [0.29, 0.717) is 19.8 Å². The topological polar surface area (TPSA) is 35.5 Å². The van der Waals surface area contributed by atoms with Gasteiger partial charge in [-0.15, -0.1) is 0 Å². The Hall–Kier alpha value is -0.620. The van der Waals surface area contributed by atoms with E-state index in [2.05, 4.69) is 46.9 Å². The SMILES string of the molecule is CCOC(=O)[C@H]1CCOC[C@@H]1c1ccc(I)cc1. The molecule has 1 aliphatic heterocycles. The Kier molecular flexibility index (Phi) is 5.00. The Balaban J connectivity index is 2.17. The number of carbonyl (C=O) groups is 1. The van der Waals surface area contributed by atoms with Gasteiger partial charge in [0.2, 0.25) is 0 Å². The lowest BCUT2D eigenvalue weighted by molar-refractivity contribution is -0.152. The van der Waals surface area contributed by atoms with Gasteiger partial charge >= 0.3 is 5.97 Å². The number of ether oxygens (including phenoxy) is 2. The average Bonchev–Trinajstić information content (AvgIpc) is 2.40. The lowest BCUT2D eigenvalue weighted by Crippen LogP contribution is -2.32. The standard InChI is InChI=1S/C14H17IO3/c1-2-18-14(16)12-7-8-17-9-13(12)10-3-5-11(15)6-4-10/h3-6,12-13H,2,7-9H2,1H3/t12-,13+/m0/s1. The molecule has 0 N–H and O–H groups in total. The maximum Gasteiger partial charge on any atom is 0.309 e. The van der Waals surface area contributed by atoms with Crippen LogP contribution in [0.15, 0.2) is 24.3 Å². The van der Waals surface area contributed by atoms with Crippen LogP contribution in [0, 0.1) is 9.49 Å². The van der Waals surface area contributed by atoms with E-state index in [1.165, 1.54) is 3.57 Å². The molecule has 0 amide bonds. The van der Waals surface area contributed by atoms with Crippen molar-refractivity contribution >= 4 is 28.6 Å². The van der Waals surface area contributed by atoms with E-state index < -0.39 is 0 Å². The maximum atomic E-state index is 12.0. The van der Waals surface area contributed by atoms with Gasteiger partial charge < -0.3 is 9.47 Å². The van der Waals surface area contributed by atoms with Crippen molar-refractivity contribution in [2.24, 2.45) is 5.92 Å². The molecule has 1 aromatic rings. The molecule has 0 bridgehead atoms. The summed E-state index contributed by atoms with van der Waals surface area (Å²) in [6, 6.07) is 8.28. The number of halogens is 1. The Bertz CT molecular complexity index is 402. The smallest absolute Gasteiger partial charge is 0.309 e. The van der Waals surface area contributed by atoms with Gasteiger partial charge in [0.15, 0.2) is 0 Å². The molecule has 0 radical (unpaired) electrons. The van der Waals surface area contributed by atoms with Crippen LogP contribution in [-0.2, 0) is 14.3 Å². The number of carbonyl (C=O) groups excluding carboxylic acids is 1. The van der Waals surface area contributed by atoms with Crippen molar-refractivity contribution in [3.05, 3.63) is 33.4 Å². The number of esters is 1. The first-order chi connectivity index (χ1) is 8.72. The second kappa shape index (κ2) is 6.52. The summed E-state index contributed by atoms with van der Waals surface area (Å²) < 4.78 is 11.9. The predicted octanol–water partition coefficient (Wildman–Crippen LogP) is 2.97. The molecule has 0 aromatic heterocycles. The molecular weight excluding hydrogens is 343 g/mol. The van der Waals surface area contributed by atoms with E-state index in [1.54, 1.807) is 0 Å². The fourth-order valence-electron chi connectivity index (χ4n) is 2.31. The minimum absolute atomic E-state index is 0.0706. The molecule has 4 heteroatoms. The molecule has 1 saturated heterocycles. The van der Waals surface area contributed by atoms with E-state index in [1.807, 2.05) is 6.92 Å². The van der Waals surface area contributed by atoms with Gasteiger partial charge in [-0.1, -0.05) is 12.1 Å². The highest BCUT2D eigenvalue weighted by Crippen LogP contribution is 2.32. The third-order valence-corrected chi connectivity index (χ3v) is 3.96. The van der Waals surface area contributed by atoms with E-state index in [4.69, 9.17) is 9.47 Å². The first kappa shape index (κ1) is 13.8. The molecule has 0 spiro atoms. The van der Waals surface area contributed by atoms with Crippen molar-refractivity contribution in [2.45, 2.75) is 19.3 Å². The van der Waals surface area contributed by atoms with Crippen LogP contribution in [0.3, 0.4) is 0 Å². The van der Waals surface area contributed by atoms with Crippen LogP contribution in [0.2, 0.25) is 0 Å². The monoisotopic (exact) mass is 360 g/mol. The fraction of sp³-hybridized carbons (Fsp3) is 0.500. The number of hydrogen-bond acceptors (Lipinski definition) is 3. The van der Waals surface area contributed by atoms with Crippen LogP contribution < -0.4 is 0 Å². The van der Waals surface area contributed by atoms with Crippen molar-refractivity contribution in [1.29, 1.82) is 0 Å². The first-order valence-corrected chi connectivity index (χ1v) is 7.30. The van der Waals surface area contributed by atoms with Crippen molar-refractivity contribution in [3.8, 4) is 0 Å². The van der Waals surface area contributed by atoms with Crippen LogP contribution in [0.25, 0.3) is 0 Å². The molecule has 18 heavy (non-hydrogen) atoms. The number of benzene rings is 1. The van der Waals surface area contributed by atoms with E-state index in [0.717, 1.165) is 12.0 Å². The molecule has 1 heterocycles. The van der Waals surface area contributed by atoms with Crippen LogP contribution >= 0.6 is 22.6 Å². The van der Waals surface area contributed by atoms with Gasteiger partial charge in [-0.2, -0.15) is 0 Å². The zero-order chi connectivity index (χ0) is 13.0. The minimum Gasteiger partial charge on any atom is -0.466 e. The van der Waals surface area contributed by atoms with E-state index in [9.17, 15) is 4.79 Å². The van der Waals surface area contributed by atoms with Crippen LogP contribution in [-0.4, -0.2) is 25.8 Å². The van der Waals surface area contributed by atoms with Gasteiger partial charge in [0.05, 0.1) is 19.1 Å². The first-order valence-electron chi connectivity index (χ1n) is 6.22. The maximum absolute atomic E-state index is 12.0. The zero-order valence-electron chi connectivity index (χ0n) is 10.4. The van der Waals surface area contributed by atoms with Crippen molar-refractivity contribution in [3.63, 3.8) is 0 Å². The molecule has 0 saturated carbocycles. The van der Waals surface area contributed by atoms with Gasteiger partial charge in [0, 0.05) is 16.1 Å². The Morgan fingerprint density at radius 1 is 1.44 bits per heavy atom. The quantitative estimate of drug-likeness (QED) is 0.614. The summed E-state index contributed by atoms with van der Waals surface area (Å²) in [6.45, 7) is 3.53. The molecule has 0 unspecified atom stereocenters. The van der Waals surface area contributed by atoms with Gasteiger partial charge in [0.25, 0.3) is 0 Å². The highest BCUT2D eigenvalue weighted by molar-refractivity contribution is 14.1. The van der Waals surface area contributed by atoms with E-state index in [-0.39, 0.29) is 17.8 Å². The molecular formula is C14H17IO3. The summed E-state index contributed by atoms with van der Waals surface area (Å²) in [4.78, 5) is 12.0. The summed E-state index contributed by atoms with van der Waals surface area (Å²) in [5, 5.41) is 0. The highest BCUT2D eigenvalue weighted by atomic mass is 127. The van der Waals surface area contributed by atoms with Gasteiger partial charge in [-0.3, -0.25) is 4.79 Å². The zero-order valence-corrected chi connectivity index (χ0v) is 12.6. The number of hydrogen-bond donors (Lipinski definition) is 0. The molecule has 2 atom stereocenters. The summed E-state index contributed by atoms with van der Waals surface area (Å²) in [5.41, 5.74) is 1.16. The second-order valence-electron chi connectivity index (χ2n) is 4.38. The number of rotatable bonds is 3.